The summed E-state index contributed by atoms with van der Waals surface area (Å²) in [6.07, 6.45) is 7.48. The van der Waals surface area contributed by atoms with Crippen LogP contribution in [0, 0.1) is 51.8 Å². The number of allylic oxidation sites excluding steroid dienone is 2. The highest BCUT2D eigenvalue weighted by atomic mass is 16.6. The van der Waals surface area contributed by atoms with E-state index in [-0.39, 0.29) is 52.4 Å². The molecule has 6 unspecified atom stereocenters. The van der Waals surface area contributed by atoms with Crippen LogP contribution in [0.3, 0.4) is 0 Å². The van der Waals surface area contributed by atoms with Crippen molar-refractivity contribution in [2.45, 2.75) is 66.2 Å². The van der Waals surface area contributed by atoms with E-state index < -0.39 is 11.4 Å². The minimum Gasteiger partial charge on any atom is -0.481 e. The van der Waals surface area contributed by atoms with E-state index in [9.17, 15) is 19.5 Å². The molecule has 8 atom stereocenters. The molecule has 0 aromatic rings. The van der Waals surface area contributed by atoms with Crippen molar-refractivity contribution in [2.24, 2.45) is 51.8 Å². The largest absolute Gasteiger partial charge is 0.481 e. The summed E-state index contributed by atoms with van der Waals surface area (Å²) in [6.45, 7) is 8.56. The van der Waals surface area contributed by atoms with Crippen molar-refractivity contribution in [1.29, 1.82) is 0 Å². The summed E-state index contributed by atoms with van der Waals surface area (Å²) in [6, 6.07) is 0. The number of hydrogen-bond acceptors (Lipinski definition) is 4. The Balaban J connectivity index is 1.67. The van der Waals surface area contributed by atoms with Gasteiger partial charge in [0.25, 0.3) is 0 Å². The molecule has 6 aliphatic rings. The Morgan fingerprint density at radius 2 is 1.86 bits per heavy atom. The van der Waals surface area contributed by atoms with Gasteiger partial charge in [-0.1, -0.05) is 38.8 Å². The van der Waals surface area contributed by atoms with Crippen LogP contribution in [0.5, 0.6) is 0 Å². The Morgan fingerprint density at radius 1 is 1.14 bits per heavy atom. The van der Waals surface area contributed by atoms with Gasteiger partial charge in [0, 0.05) is 5.41 Å². The van der Waals surface area contributed by atoms with Crippen LogP contribution in [0.1, 0.15) is 66.2 Å². The van der Waals surface area contributed by atoms with E-state index in [1.54, 1.807) is 0 Å². The molecule has 2 bridgehead atoms. The summed E-state index contributed by atoms with van der Waals surface area (Å²) < 4.78 is 5.20. The van der Waals surface area contributed by atoms with Gasteiger partial charge in [0.15, 0.2) is 0 Å². The number of rotatable bonds is 2. The number of carboxylic acids is 1. The lowest BCUT2D eigenvalue weighted by Gasteiger charge is -2.68. The van der Waals surface area contributed by atoms with Crippen LogP contribution in [0.25, 0.3) is 0 Å². The van der Waals surface area contributed by atoms with Crippen LogP contribution in [0.2, 0.25) is 0 Å². The Labute approximate surface area is 172 Å². The fourth-order valence-electron chi connectivity index (χ4n) is 8.76. The molecule has 1 heterocycles. The van der Waals surface area contributed by atoms with E-state index in [0.717, 1.165) is 38.5 Å². The molecule has 1 aliphatic heterocycles. The van der Waals surface area contributed by atoms with Gasteiger partial charge in [-0.15, -0.1) is 0 Å². The lowest BCUT2D eigenvalue weighted by molar-refractivity contribution is -0.195. The molecule has 5 heteroatoms. The lowest BCUT2D eigenvalue weighted by Crippen LogP contribution is -2.65. The van der Waals surface area contributed by atoms with Gasteiger partial charge in [0.2, 0.25) is 0 Å². The highest BCUT2D eigenvalue weighted by molar-refractivity contribution is 5.98. The number of ether oxygens (including phenoxy) is 1. The van der Waals surface area contributed by atoms with E-state index in [0.29, 0.717) is 5.92 Å². The maximum absolute atomic E-state index is 12.9. The molecule has 5 aliphatic carbocycles. The van der Waals surface area contributed by atoms with Gasteiger partial charge >= 0.3 is 17.9 Å². The number of aliphatic carboxylic acids is 1. The van der Waals surface area contributed by atoms with Crippen LogP contribution in [-0.2, 0) is 19.1 Å². The number of hydrogen-bond donors (Lipinski definition) is 1. The Hall–Kier alpha value is -1.65. The first-order valence-electron chi connectivity index (χ1n) is 11.3. The molecule has 0 amide bonds. The molecular weight excluding hydrogens is 368 g/mol. The van der Waals surface area contributed by atoms with Crippen LogP contribution in [0.4, 0.5) is 0 Å². The van der Waals surface area contributed by atoms with E-state index in [1.165, 1.54) is 5.57 Å². The molecule has 3 saturated carbocycles. The van der Waals surface area contributed by atoms with E-state index >= 15 is 0 Å². The highest BCUT2D eigenvalue weighted by Gasteiger charge is 2.73. The summed E-state index contributed by atoms with van der Waals surface area (Å²) >= 11 is 0. The molecule has 1 saturated heterocycles. The molecule has 5 nitrogen and oxygen atoms in total. The summed E-state index contributed by atoms with van der Waals surface area (Å²) in [7, 11) is 0. The summed E-state index contributed by atoms with van der Waals surface area (Å²) in [5.41, 5.74) is 0.122. The monoisotopic (exact) mass is 400 g/mol. The first-order chi connectivity index (χ1) is 13.6. The molecule has 0 aromatic carbocycles. The van der Waals surface area contributed by atoms with Crippen molar-refractivity contribution in [3.8, 4) is 0 Å². The summed E-state index contributed by atoms with van der Waals surface area (Å²) in [5, 5.41) is 10.1. The highest BCUT2D eigenvalue weighted by Crippen LogP contribution is 2.74. The van der Waals surface area contributed by atoms with Crippen molar-refractivity contribution in [2.75, 3.05) is 0 Å². The topological polar surface area (TPSA) is 80.7 Å². The third-order valence-electron chi connectivity index (χ3n) is 9.89. The fourth-order valence-corrected chi connectivity index (χ4v) is 8.76. The van der Waals surface area contributed by atoms with Crippen LogP contribution in [-0.4, -0.2) is 23.0 Å². The molecule has 6 rings (SSSR count). The van der Waals surface area contributed by atoms with Gasteiger partial charge in [-0.25, -0.2) is 0 Å². The van der Waals surface area contributed by atoms with Crippen molar-refractivity contribution in [3.63, 3.8) is 0 Å². The Kier molecular flexibility index (Phi) is 3.82. The van der Waals surface area contributed by atoms with Gasteiger partial charge in [0.1, 0.15) is 0 Å². The third-order valence-corrected chi connectivity index (χ3v) is 9.89. The van der Waals surface area contributed by atoms with Gasteiger partial charge in [0.05, 0.1) is 17.3 Å². The van der Waals surface area contributed by atoms with E-state index in [4.69, 9.17) is 4.74 Å². The number of carbonyl (C=O) groups is 3. The Bertz CT molecular complexity index is 842. The zero-order chi connectivity index (χ0) is 20.9. The summed E-state index contributed by atoms with van der Waals surface area (Å²) in [5.74, 6) is -1.33. The number of cyclic esters (lactones) is 2. The normalized spacial score (nSPS) is 50.5. The first-order valence-corrected chi connectivity index (χ1v) is 11.3. The van der Waals surface area contributed by atoms with E-state index in [1.807, 2.05) is 6.92 Å². The van der Waals surface area contributed by atoms with Crippen LogP contribution in [0.15, 0.2) is 11.6 Å². The zero-order valence-corrected chi connectivity index (χ0v) is 17.9. The second-order valence-corrected chi connectivity index (χ2v) is 11.2. The molecule has 4 fully saturated rings. The maximum Gasteiger partial charge on any atom is 0.318 e. The lowest BCUT2D eigenvalue weighted by atomic mass is 9.34. The van der Waals surface area contributed by atoms with Crippen molar-refractivity contribution >= 4 is 17.9 Å². The predicted octanol–water partition coefficient (Wildman–Crippen LogP) is 4.21. The number of carboxylic acid groups (broad SMARTS) is 1. The SMILES string of the molecule is CC(C)C1=CC23CCC4[C@](C)(CCC[C@@]4(C)C(=O)O)C2CC1C1C(=O)OC(=O)C13. The second-order valence-electron chi connectivity index (χ2n) is 11.2. The smallest absolute Gasteiger partial charge is 0.318 e. The quantitative estimate of drug-likeness (QED) is 0.427. The van der Waals surface area contributed by atoms with Gasteiger partial charge in [-0.05, 0) is 68.1 Å². The molecule has 158 valence electrons. The van der Waals surface area contributed by atoms with Crippen molar-refractivity contribution in [1.82, 2.24) is 0 Å². The second kappa shape index (κ2) is 5.73. The molecule has 1 N–H and O–H groups in total. The third kappa shape index (κ3) is 2.14. The van der Waals surface area contributed by atoms with Crippen LogP contribution < -0.4 is 0 Å². The first kappa shape index (κ1) is 19.3. The van der Waals surface area contributed by atoms with Crippen LogP contribution >= 0.6 is 0 Å². The van der Waals surface area contributed by atoms with E-state index in [2.05, 4.69) is 26.8 Å². The summed E-state index contributed by atoms with van der Waals surface area (Å²) in [4.78, 5) is 37.8. The predicted molar refractivity (Wildman–Crippen MR) is 105 cm³/mol. The molecule has 0 radical (unpaired) electrons. The zero-order valence-electron chi connectivity index (χ0n) is 17.9. The molecular formula is C24H32O5. The average Bonchev–Trinajstić information content (AvgIpc) is 2.97. The molecule has 1 spiro atoms. The van der Waals surface area contributed by atoms with Crippen molar-refractivity contribution < 1.29 is 24.2 Å². The molecule has 0 aromatic heterocycles. The Morgan fingerprint density at radius 3 is 2.52 bits per heavy atom. The number of fused-ring (bicyclic) bond motifs is 1. The number of esters is 2. The standard InChI is InChI=1S/C24H32O5/c1-12(2)14-11-24-9-6-15-22(3,7-5-8-23(15,4)21(27)28)16(24)10-13(14)17-18(24)20(26)29-19(17)25/h11-13,15-18H,5-10H2,1-4H3,(H,27,28)/t13?,15?,16?,17?,18?,22-,23+,24?/m0/s1. The number of carbonyl (C=O) groups excluding carboxylic acids is 2. The van der Waals surface area contributed by atoms with Crippen molar-refractivity contribution in [3.05, 3.63) is 11.6 Å². The van der Waals surface area contributed by atoms with Gasteiger partial charge < -0.3 is 9.84 Å². The minimum atomic E-state index is -0.707. The molecule has 29 heavy (non-hydrogen) atoms. The maximum atomic E-state index is 12.9. The minimum absolute atomic E-state index is 0.0550. The average molecular weight is 401 g/mol. The fraction of sp³-hybridized carbons (Fsp3) is 0.792. The van der Waals surface area contributed by atoms with Gasteiger partial charge in [-0.3, -0.25) is 14.4 Å². The van der Waals surface area contributed by atoms with Gasteiger partial charge in [-0.2, -0.15) is 0 Å².